The molecule has 0 nitrogen and oxygen atoms in total. The standard InChI is InChI=1S/C18H20Cl2/c1-4-12(2)14-7-9-15(10-8-14)18(20)16-6-5-13(3)17(19)11-16/h5-12,18H,4H2,1-3H3. The van der Waals surface area contributed by atoms with E-state index in [4.69, 9.17) is 23.2 Å². The summed E-state index contributed by atoms with van der Waals surface area (Å²) >= 11 is 12.7. The number of halogens is 2. The molecule has 2 aromatic carbocycles. The molecule has 2 heteroatoms. The molecule has 106 valence electrons. The van der Waals surface area contributed by atoms with E-state index in [9.17, 15) is 0 Å². The fourth-order valence-corrected chi connectivity index (χ4v) is 2.66. The second-order valence-electron chi connectivity index (χ2n) is 5.35. The van der Waals surface area contributed by atoms with Gasteiger partial charge in [0, 0.05) is 5.02 Å². The maximum atomic E-state index is 6.56. The zero-order chi connectivity index (χ0) is 14.7. The van der Waals surface area contributed by atoms with E-state index >= 15 is 0 Å². The summed E-state index contributed by atoms with van der Waals surface area (Å²) in [5.41, 5.74) is 4.59. The van der Waals surface area contributed by atoms with Gasteiger partial charge in [0.05, 0.1) is 5.38 Å². The Balaban J connectivity index is 2.24. The fourth-order valence-electron chi connectivity index (χ4n) is 2.19. The highest BCUT2D eigenvalue weighted by molar-refractivity contribution is 6.31. The predicted molar refractivity (Wildman–Crippen MR) is 89.0 cm³/mol. The topological polar surface area (TPSA) is 0 Å². The van der Waals surface area contributed by atoms with Crippen molar-refractivity contribution in [3.63, 3.8) is 0 Å². The molecule has 0 amide bonds. The van der Waals surface area contributed by atoms with Gasteiger partial charge in [-0.3, -0.25) is 0 Å². The minimum absolute atomic E-state index is 0.154. The van der Waals surface area contributed by atoms with E-state index < -0.39 is 0 Å². The second kappa shape index (κ2) is 6.65. The summed E-state index contributed by atoms with van der Waals surface area (Å²) in [5.74, 6) is 0.589. The molecule has 0 saturated carbocycles. The van der Waals surface area contributed by atoms with E-state index in [0.717, 1.165) is 28.1 Å². The first kappa shape index (κ1) is 15.4. The molecule has 2 atom stereocenters. The lowest BCUT2D eigenvalue weighted by molar-refractivity contribution is 0.733. The molecule has 0 radical (unpaired) electrons. The van der Waals surface area contributed by atoms with Crippen LogP contribution in [0.1, 0.15) is 53.8 Å². The van der Waals surface area contributed by atoms with Crippen LogP contribution >= 0.6 is 23.2 Å². The molecule has 0 saturated heterocycles. The lowest BCUT2D eigenvalue weighted by atomic mass is 9.95. The molecule has 20 heavy (non-hydrogen) atoms. The van der Waals surface area contributed by atoms with Gasteiger partial charge in [-0.25, -0.2) is 0 Å². The molecule has 0 aliphatic heterocycles. The second-order valence-corrected chi connectivity index (χ2v) is 6.19. The minimum atomic E-state index is -0.154. The third-order valence-corrected chi connectivity index (χ3v) is 4.81. The lowest BCUT2D eigenvalue weighted by Gasteiger charge is -2.14. The van der Waals surface area contributed by atoms with Crippen LogP contribution in [0.25, 0.3) is 0 Å². The molecule has 0 bridgehead atoms. The maximum absolute atomic E-state index is 6.56. The molecule has 2 rings (SSSR count). The Morgan fingerprint density at radius 1 is 0.950 bits per heavy atom. The number of benzene rings is 2. The Morgan fingerprint density at radius 2 is 1.50 bits per heavy atom. The molecule has 0 heterocycles. The summed E-state index contributed by atoms with van der Waals surface area (Å²) in [6, 6.07) is 14.6. The quantitative estimate of drug-likeness (QED) is 0.566. The van der Waals surface area contributed by atoms with E-state index in [1.54, 1.807) is 0 Å². The molecule has 0 aliphatic carbocycles. The van der Waals surface area contributed by atoms with Gasteiger partial charge in [0.2, 0.25) is 0 Å². The number of alkyl halides is 1. The summed E-state index contributed by atoms with van der Waals surface area (Å²) in [5, 5.41) is 0.614. The molecule has 0 aliphatic rings. The van der Waals surface area contributed by atoms with Crippen molar-refractivity contribution in [3.8, 4) is 0 Å². The Morgan fingerprint density at radius 3 is 2.05 bits per heavy atom. The summed E-state index contributed by atoms with van der Waals surface area (Å²) < 4.78 is 0. The third kappa shape index (κ3) is 3.37. The number of aryl methyl sites for hydroxylation is 1. The van der Waals surface area contributed by atoms with E-state index in [-0.39, 0.29) is 5.38 Å². The van der Waals surface area contributed by atoms with Crippen LogP contribution in [-0.2, 0) is 0 Å². The first-order valence-corrected chi connectivity index (χ1v) is 7.84. The van der Waals surface area contributed by atoms with Crippen LogP contribution in [0.5, 0.6) is 0 Å². The van der Waals surface area contributed by atoms with E-state index in [1.807, 2.05) is 25.1 Å². The number of hydrogen-bond acceptors (Lipinski definition) is 0. The molecule has 0 aromatic heterocycles. The van der Waals surface area contributed by atoms with Crippen molar-refractivity contribution in [2.24, 2.45) is 0 Å². The van der Waals surface area contributed by atoms with Crippen LogP contribution in [0.15, 0.2) is 42.5 Å². The van der Waals surface area contributed by atoms with Gasteiger partial charge < -0.3 is 0 Å². The molecule has 0 N–H and O–H groups in total. The molecule has 0 fully saturated rings. The van der Waals surface area contributed by atoms with Crippen LogP contribution in [0.2, 0.25) is 5.02 Å². The van der Waals surface area contributed by atoms with Crippen LogP contribution in [0, 0.1) is 6.92 Å². The van der Waals surface area contributed by atoms with Gasteiger partial charge in [-0.1, -0.05) is 61.8 Å². The summed E-state index contributed by atoms with van der Waals surface area (Å²) in [4.78, 5) is 0. The Labute approximate surface area is 131 Å². The average molecular weight is 307 g/mol. The Bertz CT molecular complexity index is 572. The molecule has 2 aromatic rings. The van der Waals surface area contributed by atoms with Crippen LogP contribution in [0.4, 0.5) is 0 Å². The first-order chi connectivity index (χ1) is 9.52. The normalized spacial score (nSPS) is 14.1. The highest BCUT2D eigenvalue weighted by atomic mass is 35.5. The van der Waals surface area contributed by atoms with Crippen LogP contribution < -0.4 is 0 Å². The molecule has 2 unspecified atom stereocenters. The van der Waals surface area contributed by atoms with E-state index in [0.29, 0.717) is 5.92 Å². The van der Waals surface area contributed by atoms with Gasteiger partial charge in [-0.05, 0) is 47.6 Å². The van der Waals surface area contributed by atoms with Crippen molar-refractivity contribution in [3.05, 3.63) is 69.7 Å². The molecule has 0 spiro atoms. The number of hydrogen-bond donors (Lipinski definition) is 0. The van der Waals surface area contributed by atoms with Crippen molar-refractivity contribution >= 4 is 23.2 Å². The SMILES string of the molecule is CCC(C)c1ccc(C(Cl)c2ccc(C)c(Cl)c2)cc1. The van der Waals surface area contributed by atoms with Gasteiger partial charge in [0.15, 0.2) is 0 Å². The van der Waals surface area contributed by atoms with Crippen molar-refractivity contribution < 1.29 is 0 Å². The van der Waals surface area contributed by atoms with Gasteiger partial charge in [0.1, 0.15) is 0 Å². The van der Waals surface area contributed by atoms with E-state index in [1.165, 1.54) is 5.56 Å². The molecular weight excluding hydrogens is 287 g/mol. The summed E-state index contributed by atoms with van der Waals surface area (Å²) in [6.07, 6.45) is 1.15. The van der Waals surface area contributed by atoms with Crippen molar-refractivity contribution in [2.45, 2.75) is 38.5 Å². The van der Waals surface area contributed by atoms with Gasteiger partial charge in [-0.15, -0.1) is 11.6 Å². The maximum Gasteiger partial charge on any atom is 0.0835 e. The van der Waals surface area contributed by atoms with Gasteiger partial charge in [0.25, 0.3) is 0 Å². The van der Waals surface area contributed by atoms with Gasteiger partial charge in [-0.2, -0.15) is 0 Å². The molecular formula is C18H20Cl2. The van der Waals surface area contributed by atoms with Crippen molar-refractivity contribution in [1.82, 2.24) is 0 Å². The highest BCUT2D eigenvalue weighted by Gasteiger charge is 2.12. The van der Waals surface area contributed by atoms with Crippen LogP contribution in [0.3, 0.4) is 0 Å². The third-order valence-electron chi connectivity index (χ3n) is 3.90. The zero-order valence-electron chi connectivity index (χ0n) is 12.2. The van der Waals surface area contributed by atoms with E-state index in [2.05, 4.69) is 38.1 Å². The van der Waals surface area contributed by atoms with Crippen molar-refractivity contribution in [2.75, 3.05) is 0 Å². The Hall–Kier alpha value is -0.980. The largest absolute Gasteiger partial charge is 0.113 e. The summed E-state index contributed by atoms with van der Waals surface area (Å²) in [6.45, 7) is 6.44. The van der Waals surface area contributed by atoms with Crippen LogP contribution in [-0.4, -0.2) is 0 Å². The predicted octanol–water partition coefficient (Wildman–Crippen LogP) is 6.49. The zero-order valence-corrected chi connectivity index (χ0v) is 13.7. The summed E-state index contributed by atoms with van der Waals surface area (Å²) in [7, 11) is 0. The lowest BCUT2D eigenvalue weighted by Crippen LogP contribution is -1.96. The first-order valence-electron chi connectivity index (χ1n) is 7.03. The minimum Gasteiger partial charge on any atom is -0.113 e. The van der Waals surface area contributed by atoms with Gasteiger partial charge >= 0.3 is 0 Å². The highest BCUT2D eigenvalue weighted by Crippen LogP contribution is 2.32. The fraction of sp³-hybridized carbons (Fsp3) is 0.333. The number of rotatable bonds is 4. The average Bonchev–Trinajstić information content (AvgIpc) is 2.48. The Kier molecular flexibility index (Phi) is 5.12. The monoisotopic (exact) mass is 306 g/mol. The van der Waals surface area contributed by atoms with Crippen molar-refractivity contribution in [1.29, 1.82) is 0 Å². The smallest absolute Gasteiger partial charge is 0.0835 e.